The van der Waals surface area contributed by atoms with Gasteiger partial charge in [-0.2, -0.15) is 0 Å². The molecule has 0 aromatic heterocycles. The molecule has 0 saturated carbocycles. The highest BCUT2D eigenvalue weighted by Crippen LogP contribution is 2.55. The van der Waals surface area contributed by atoms with Crippen molar-refractivity contribution in [3.05, 3.63) is 194 Å². The van der Waals surface area contributed by atoms with E-state index < -0.39 is 7.14 Å². The van der Waals surface area contributed by atoms with Crippen molar-refractivity contribution in [3.8, 4) is 22.3 Å². The summed E-state index contributed by atoms with van der Waals surface area (Å²) in [4.78, 5) is 2.27. The minimum Gasteiger partial charge on any atom is -0.309 e. The Labute approximate surface area is 297 Å². The first-order valence-corrected chi connectivity index (χ1v) is 19.1. The van der Waals surface area contributed by atoms with E-state index in [2.05, 4.69) is 150 Å². The largest absolute Gasteiger partial charge is 0.309 e. The van der Waals surface area contributed by atoms with Gasteiger partial charge in [0.2, 0.25) is 0 Å². The number of fused-ring (bicyclic) bond motifs is 5. The molecule has 3 heteroatoms. The normalized spacial score (nSPS) is 15.2. The Balaban J connectivity index is 1.30. The van der Waals surface area contributed by atoms with Crippen LogP contribution in [0.1, 0.15) is 0 Å². The third kappa shape index (κ3) is 4.47. The Hall–Kier alpha value is -6.21. The second-order valence-electron chi connectivity index (χ2n) is 13.2. The highest BCUT2D eigenvalue weighted by Gasteiger charge is 2.41. The summed E-state index contributed by atoms with van der Waals surface area (Å²) in [5.41, 5.74) is 7.59. The van der Waals surface area contributed by atoms with Crippen LogP contribution in [0.15, 0.2) is 194 Å². The van der Waals surface area contributed by atoms with E-state index in [-0.39, 0.29) is 0 Å². The van der Waals surface area contributed by atoms with Crippen LogP contribution >= 0.6 is 7.14 Å². The average molecular weight is 670 g/mol. The minimum atomic E-state index is -3.30. The van der Waals surface area contributed by atoms with Gasteiger partial charge in [0.15, 0.2) is 7.14 Å². The van der Waals surface area contributed by atoms with Crippen molar-refractivity contribution in [1.29, 1.82) is 0 Å². The lowest BCUT2D eigenvalue weighted by Gasteiger charge is -2.38. The molecule has 0 aliphatic carbocycles. The molecule has 1 aliphatic rings. The van der Waals surface area contributed by atoms with Crippen LogP contribution < -0.4 is 20.8 Å². The molecule has 1 aliphatic heterocycles. The van der Waals surface area contributed by atoms with Gasteiger partial charge in [-0.15, -0.1) is 0 Å². The summed E-state index contributed by atoms with van der Waals surface area (Å²) in [6.45, 7) is 0. The van der Waals surface area contributed by atoms with E-state index in [1.807, 2.05) is 48.5 Å². The number of benzene rings is 9. The minimum absolute atomic E-state index is 0.838. The topological polar surface area (TPSA) is 20.3 Å². The first-order chi connectivity index (χ1) is 25.2. The fraction of sp³-hybridized carbons (Fsp3) is 0. The number of anilines is 3. The highest BCUT2D eigenvalue weighted by molar-refractivity contribution is 7.86. The third-order valence-electron chi connectivity index (χ3n) is 10.4. The van der Waals surface area contributed by atoms with Gasteiger partial charge in [0.05, 0.1) is 11.4 Å². The SMILES string of the molecule is O=P1(c2ccccc2)c2ccccc2N(c2ccccc2)c2ccc(-c3c4ccccc4c(-c4cccc5ccccc45)c4ccccc34)cc21. The lowest BCUT2D eigenvalue weighted by Crippen LogP contribution is -2.36. The van der Waals surface area contributed by atoms with Gasteiger partial charge in [-0.05, 0) is 91.0 Å². The average Bonchev–Trinajstić information content (AvgIpc) is 3.20. The molecule has 1 heterocycles. The molecule has 9 aromatic rings. The summed E-state index contributed by atoms with van der Waals surface area (Å²) < 4.78 is 16.1. The maximum absolute atomic E-state index is 16.1. The molecule has 1 atom stereocenters. The van der Waals surface area contributed by atoms with E-state index in [0.29, 0.717) is 0 Å². The Morgan fingerprint density at radius 3 is 1.63 bits per heavy atom. The van der Waals surface area contributed by atoms with Crippen molar-refractivity contribution < 1.29 is 4.57 Å². The molecular weight excluding hydrogens is 638 g/mol. The summed E-state index contributed by atoms with van der Waals surface area (Å²) in [5, 5.41) is 9.73. The van der Waals surface area contributed by atoms with Gasteiger partial charge in [-0.1, -0.05) is 158 Å². The zero-order chi connectivity index (χ0) is 33.9. The van der Waals surface area contributed by atoms with E-state index in [4.69, 9.17) is 0 Å². The smallest absolute Gasteiger partial charge is 0.175 e. The van der Waals surface area contributed by atoms with Gasteiger partial charge >= 0.3 is 0 Å². The molecule has 10 rings (SSSR count). The fourth-order valence-electron chi connectivity index (χ4n) is 8.24. The monoisotopic (exact) mass is 669 g/mol. The molecule has 9 aromatic carbocycles. The molecule has 0 amide bonds. The first kappa shape index (κ1) is 29.7. The quantitative estimate of drug-likeness (QED) is 0.137. The number of nitrogens with zero attached hydrogens (tertiary/aromatic N) is 1. The van der Waals surface area contributed by atoms with Crippen LogP contribution in [-0.4, -0.2) is 0 Å². The molecular formula is C48H32NOP. The molecule has 1 unspecified atom stereocenters. The van der Waals surface area contributed by atoms with Crippen LogP contribution in [-0.2, 0) is 4.57 Å². The Morgan fingerprint density at radius 1 is 0.392 bits per heavy atom. The Kier molecular flexibility index (Phi) is 6.81. The predicted molar refractivity (Wildman–Crippen MR) is 217 cm³/mol. The van der Waals surface area contributed by atoms with Crippen molar-refractivity contribution >= 4 is 72.4 Å². The summed E-state index contributed by atoms with van der Waals surface area (Å²) in [7, 11) is -3.30. The van der Waals surface area contributed by atoms with Crippen molar-refractivity contribution in [1.82, 2.24) is 0 Å². The third-order valence-corrected chi connectivity index (χ3v) is 13.5. The van der Waals surface area contributed by atoms with E-state index in [1.54, 1.807) is 0 Å². The number of hydrogen-bond acceptors (Lipinski definition) is 2. The lowest BCUT2D eigenvalue weighted by atomic mass is 9.84. The zero-order valence-electron chi connectivity index (χ0n) is 27.8. The summed E-state index contributed by atoms with van der Waals surface area (Å²) in [6, 6.07) is 68.1. The second kappa shape index (κ2) is 11.7. The van der Waals surface area contributed by atoms with Gasteiger partial charge in [0, 0.05) is 21.6 Å². The van der Waals surface area contributed by atoms with E-state index >= 15 is 4.57 Å². The Bertz CT molecular complexity index is 2780. The van der Waals surface area contributed by atoms with Gasteiger partial charge < -0.3 is 9.46 Å². The van der Waals surface area contributed by atoms with Crippen molar-refractivity contribution in [3.63, 3.8) is 0 Å². The summed E-state index contributed by atoms with van der Waals surface area (Å²) in [5.74, 6) is 0. The van der Waals surface area contributed by atoms with E-state index in [9.17, 15) is 0 Å². The van der Waals surface area contributed by atoms with Crippen molar-refractivity contribution in [2.24, 2.45) is 0 Å². The zero-order valence-corrected chi connectivity index (χ0v) is 28.7. The lowest BCUT2D eigenvalue weighted by molar-refractivity contribution is 0.592. The molecule has 0 bridgehead atoms. The van der Waals surface area contributed by atoms with Crippen LogP contribution in [0.2, 0.25) is 0 Å². The number of hydrogen-bond donors (Lipinski definition) is 0. The van der Waals surface area contributed by atoms with Crippen LogP contribution in [0.4, 0.5) is 17.1 Å². The van der Waals surface area contributed by atoms with Crippen LogP contribution in [0, 0.1) is 0 Å². The maximum Gasteiger partial charge on any atom is 0.175 e. The van der Waals surface area contributed by atoms with Crippen LogP contribution in [0.3, 0.4) is 0 Å². The summed E-state index contributed by atoms with van der Waals surface area (Å²) in [6.07, 6.45) is 0. The van der Waals surface area contributed by atoms with Gasteiger partial charge in [-0.3, -0.25) is 0 Å². The molecule has 0 saturated heterocycles. The molecule has 0 spiro atoms. The van der Waals surface area contributed by atoms with Gasteiger partial charge in [0.1, 0.15) is 0 Å². The van der Waals surface area contributed by atoms with Gasteiger partial charge in [0.25, 0.3) is 0 Å². The molecule has 2 nitrogen and oxygen atoms in total. The first-order valence-electron chi connectivity index (χ1n) is 17.4. The molecule has 51 heavy (non-hydrogen) atoms. The van der Waals surface area contributed by atoms with Crippen molar-refractivity contribution in [2.75, 3.05) is 4.90 Å². The number of rotatable bonds is 4. The van der Waals surface area contributed by atoms with Crippen LogP contribution in [0.5, 0.6) is 0 Å². The van der Waals surface area contributed by atoms with E-state index in [1.165, 1.54) is 43.4 Å². The maximum atomic E-state index is 16.1. The highest BCUT2D eigenvalue weighted by atomic mass is 31.2. The second-order valence-corrected chi connectivity index (χ2v) is 15.9. The Morgan fingerprint density at radius 2 is 0.922 bits per heavy atom. The molecule has 0 radical (unpaired) electrons. The molecule has 240 valence electrons. The standard InChI is InChI=1S/C48H32NOP/c50-51(36-20-5-2-6-21-36)45-29-14-13-28-43(45)49(35-18-3-1-4-19-35)44-31-30-34(32-46(44)51)47-39-23-9-11-25-41(39)48(42-26-12-10-24-40(42)47)38-27-15-17-33-16-7-8-22-37(33)38/h1-32H. The van der Waals surface area contributed by atoms with Crippen molar-refractivity contribution in [2.45, 2.75) is 0 Å². The predicted octanol–water partition coefficient (Wildman–Crippen LogP) is 11.9. The fourth-order valence-corrected chi connectivity index (χ4v) is 11.3. The molecule has 0 fully saturated rings. The van der Waals surface area contributed by atoms with Crippen LogP contribution in [0.25, 0.3) is 54.6 Å². The number of para-hydroxylation sites is 2. The van der Waals surface area contributed by atoms with Gasteiger partial charge in [-0.25, -0.2) is 0 Å². The van der Waals surface area contributed by atoms with E-state index in [0.717, 1.165) is 44.1 Å². The molecule has 0 N–H and O–H groups in total. The summed E-state index contributed by atoms with van der Waals surface area (Å²) >= 11 is 0.